The van der Waals surface area contributed by atoms with E-state index in [-0.39, 0.29) is 5.97 Å². The van der Waals surface area contributed by atoms with Crippen LogP contribution in [0.4, 0.5) is 0 Å². The van der Waals surface area contributed by atoms with E-state index >= 15 is 0 Å². The number of rotatable bonds is 5. The Morgan fingerprint density at radius 1 is 1.39 bits per heavy atom. The Morgan fingerprint density at radius 2 is 2.22 bits per heavy atom. The van der Waals surface area contributed by atoms with Gasteiger partial charge in [-0.2, -0.15) is 0 Å². The minimum absolute atomic E-state index is 0.257. The van der Waals surface area contributed by atoms with E-state index in [2.05, 4.69) is 18.2 Å². The summed E-state index contributed by atoms with van der Waals surface area (Å²) in [5, 5.41) is 0. The standard InChI is InChI=1S/C15H18O2S/c1-2-17-15(16)7-4-10-18-14-9-8-12-5-3-6-13(12)11-14/h4,7-9,11H,2-3,5-6,10H2,1H3/b7-4+. The van der Waals surface area contributed by atoms with Crippen molar-refractivity contribution in [2.45, 2.75) is 31.1 Å². The van der Waals surface area contributed by atoms with Crippen molar-refractivity contribution in [3.63, 3.8) is 0 Å². The minimum Gasteiger partial charge on any atom is -0.463 e. The van der Waals surface area contributed by atoms with Crippen molar-refractivity contribution >= 4 is 17.7 Å². The van der Waals surface area contributed by atoms with Gasteiger partial charge in [-0.1, -0.05) is 12.1 Å². The lowest BCUT2D eigenvalue weighted by Gasteiger charge is -2.03. The molecule has 1 aromatic rings. The van der Waals surface area contributed by atoms with Gasteiger partial charge < -0.3 is 4.74 Å². The summed E-state index contributed by atoms with van der Waals surface area (Å²) < 4.78 is 4.82. The number of fused-ring (bicyclic) bond motifs is 1. The van der Waals surface area contributed by atoms with Crippen molar-refractivity contribution in [1.29, 1.82) is 0 Å². The molecule has 0 atom stereocenters. The van der Waals surface area contributed by atoms with E-state index in [1.54, 1.807) is 11.8 Å². The van der Waals surface area contributed by atoms with Crippen LogP contribution in [0.15, 0.2) is 35.2 Å². The van der Waals surface area contributed by atoms with E-state index in [0.717, 1.165) is 5.75 Å². The lowest BCUT2D eigenvalue weighted by atomic mass is 10.1. The van der Waals surface area contributed by atoms with Gasteiger partial charge in [0.2, 0.25) is 0 Å². The second kappa shape index (κ2) is 6.64. The number of ether oxygens (including phenoxy) is 1. The highest BCUT2D eigenvalue weighted by molar-refractivity contribution is 7.99. The van der Waals surface area contributed by atoms with E-state index in [1.165, 1.54) is 41.4 Å². The van der Waals surface area contributed by atoms with E-state index in [4.69, 9.17) is 4.74 Å². The van der Waals surface area contributed by atoms with Crippen LogP contribution in [0, 0.1) is 0 Å². The van der Waals surface area contributed by atoms with Crippen molar-refractivity contribution in [3.8, 4) is 0 Å². The Balaban J connectivity index is 1.82. The van der Waals surface area contributed by atoms with Crippen LogP contribution in [0.25, 0.3) is 0 Å². The number of carbonyl (C=O) groups excluding carboxylic acids is 1. The molecular weight excluding hydrogens is 244 g/mol. The predicted octanol–water partition coefficient (Wildman–Crippen LogP) is 3.39. The normalized spacial score (nSPS) is 13.8. The second-order valence-corrected chi connectivity index (χ2v) is 5.34. The number of benzene rings is 1. The largest absolute Gasteiger partial charge is 0.463 e. The molecule has 0 aromatic heterocycles. The van der Waals surface area contributed by atoms with Gasteiger partial charge in [-0.3, -0.25) is 0 Å². The highest BCUT2D eigenvalue weighted by Crippen LogP contribution is 2.27. The number of esters is 1. The van der Waals surface area contributed by atoms with Crippen LogP contribution < -0.4 is 0 Å². The van der Waals surface area contributed by atoms with Crippen LogP contribution in [0.1, 0.15) is 24.5 Å². The molecule has 0 bridgehead atoms. The summed E-state index contributed by atoms with van der Waals surface area (Å²) in [5.41, 5.74) is 3.00. The van der Waals surface area contributed by atoms with Crippen molar-refractivity contribution < 1.29 is 9.53 Å². The number of carbonyl (C=O) groups is 1. The summed E-state index contributed by atoms with van der Waals surface area (Å²) in [7, 11) is 0. The van der Waals surface area contributed by atoms with Crippen LogP contribution >= 0.6 is 11.8 Å². The third-order valence-corrected chi connectivity index (χ3v) is 3.90. The summed E-state index contributed by atoms with van der Waals surface area (Å²) in [6, 6.07) is 6.69. The zero-order chi connectivity index (χ0) is 12.8. The fourth-order valence-corrected chi connectivity index (χ4v) is 2.89. The van der Waals surface area contributed by atoms with Gasteiger partial charge in [-0.15, -0.1) is 11.8 Å². The molecule has 1 aromatic carbocycles. The molecule has 0 saturated carbocycles. The summed E-state index contributed by atoms with van der Waals surface area (Å²) in [6.07, 6.45) is 7.08. The molecule has 0 spiro atoms. The molecule has 0 saturated heterocycles. The van der Waals surface area contributed by atoms with E-state index in [0.29, 0.717) is 6.61 Å². The molecule has 0 amide bonds. The molecule has 3 heteroatoms. The van der Waals surface area contributed by atoms with Crippen LogP contribution in [0.2, 0.25) is 0 Å². The van der Waals surface area contributed by atoms with Gasteiger partial charge in [-0.05, 0) is 49.4 Å². The number of aryl methyl sites for hydroxylation is 2. The maximum atomic E-state index is 11.1. The number of hydrogen-bond donors (Lipinski definition) is 0. The summed E-state index contributed by atoms with van der Waals surface area (Å²) in [5.74, 6) is 0.546. The molecular formula is C15H18O2S. The van der Waals surface area contributed by atoms with Crippen LogP contribution in [0.3, 0.4) is 0 Å². The first-order valence-corrected chi connectivity index (χ1v) is 7.36. The second-order valence-electron chi connectivity index (χ2n) is 4.25. The molecule has 0 heterocycles. The lowest BCUT2D eigenvalue weighted by molar-refractivity contribution is -0.137. The Kier molecular flexibility index (Phi) is 4.88. The van der Waals surface area contributed by atoms with Gasteiger partial charge in [0.25, 0.3) is 0 Å². The molecule has 96 valence electrons. The molecule has 18 heavy (non-hydrogen) atoms. The van der Waals surface area contributed by atoms with Gasteiger partial charge in [0.05, 0.1) is 6.61 Å². The lowest BCUT2D eigenvalue weighted by Crippen LogP contribution is -1.98. The zero-order valence-electron chi connectivity index (χ0n) is 10.6. The van der Waals surface area contributed by atoms with Gasteiger partial charge >= 0.3 is 5.97 Å². The molecule has 2 nitrogen and oxygen atoms in total. The van der Waals surface area contributed by atoms with Crippen molar-refractivity contribution in [2.75, 3.05) is 12.4 Å². The molecule has 0 fully saturated rings. The monoisotopic (exact) mass is 262 g/mol. The van der Waals surface area contributed by atoms with Crippen LogP contribution in [-0.4, -0.2) is 18.3 Å². The minimum atomic E-state index is -0.257. The Morgan fingerprint density at radius 3 is 3.06 bits per heavy atom. The van der Waals surface area contributed by atoms with E-state index in [9.17, 15) is 4.79 Å². The van der Waals surface area contributed by atoms with Crippen LogP contribution in [-0.2, 0) is 22.4 Å². The molecule has 2 rings (SSSR count). The fraction of sp³-hybridized carbons (Fsp3) is 0.400. The first-order chi connectivity index (χ1) is 8.79. The average molecular weight is 262 g/mol. The van der Waals surface area contributed by atoms with Crippen LogP contribution in [0.5, 0.6) is 0 Å². The Hall–Kier alpha value is -1.22. The van der Waals surface area contributed by atoms with E-state index < -0.39 is 0 Å². The predicted molar refractivity (Wildman–Crippen MR) is 75.0 cm³/mol. The van der Waals surface area contributed by atoms with Crippen molar-refractivity contribution in [3.05, 3.63) is 41.5 Å². The average Bonchev–Trinajstić information content (AvgIpc) is 2.82. The molecule has 0 N–H and O–H groups in total. The fourth-order valence-electron chi connectivity index (χ4n) is 2.12. The van der Waals surface area contributed by atoms with Gasteiger partial charge in [0.15, 0.2) is 0 Å². The molecule has 1 aliphatic carbocycles. The van der Waals surface area contributed by atoms with Crippen molar-refractivity contribution in [2.24, 2.45) is 0 Å². The first-order valence-electron chi connectivity index (χ1n) is 6.37. The zero-order valence-corrected chi connectivity index (χ0v) is 11.5. The highest BCUT2D eigenvalue weighted by atomic mass is 32.2. The Labute approximate surface area is 112 Å². The Bertz CT molecular complexity index is 452. The maximum Gasteiger partial charge on any atom is 0.330 e. The molecule has 1 aliphatic rings. The highest BCUT2D eigenvalue weighted by Gasteiger charge is 2.10. The van der Waals surface area contributed by atoms with E-state index in [1.807, 2.05) is 13.0 Å². The number of thioether (sulfide) groups is 1. The first kappa shape index (κ1) is 13.2. The van der Waals surface area contributed by atoms with Crippen molar-refractivity contribution in [1.82, 2.24) is 0 Å². The van der Waals surface area contributed by atoms with Gasteiger partial charge in [0.1, 0.15) is 0 Å². The quantitative estimate of drug-likeness (QED) is 0.462. The smallest absolute Gasteiger partial charge is 0.330 e. The third kappa shape index (κ3) is 3.64. The summed E-state index contributed by atoms with van der Waals surface area (Å²) >= 11 is 1.75. The number of hydrogen-bond acceptors (Lipinski definition) is 3. The summed E-state index contributed by atoms with van der Waals surface area (Å²) in [6.45, 7) is 2.24. The molecule has 0 aliphatic heterocycles. The molecule has 0 unspecified atom stereocenters. The summed E-state index contributed by atoms with van der Waals surface area (Å²) in [4.78, 5) is 12.4. The third-order valence-electron chi connectivity index (χ3n) is 2.96. The maximum absolute atomic E-state index is 11.1. The van der Waals surface area contributed by atoms with Gasteiger partial charge in [0, 0.05) is 16.7 Å². The topological polar surface area (TPSA) is 26.3 Å². The SMILES string of the molecule is CCOC(=O)/C=C/CSc1ccc2c(c1)CCC2. The van der Waals surface area contributed by atoms with Gasteiger partial charge in [-0.25, -0.2) is 4.79 Å². The molecule has 0 radical (unpaired) electrons.